The average Bonchev–Trinajstić information content (AvgIpc) is 2.50. The van der Waals surface area contributed by atoms with Crippen LogP contribution in [0.25, 0.3) is 0 Å². The normalized spacial score (nSPS) is 25.7. The highest BCUT2D eigenvalue weighted by Gasteiger charge is 2.21. The molecule has 0 aromatic rings. The average molecular weight is 128 g/mol. The summed E-state index contributed by atoms with van der Waals surface area (Å²) >= 11 is 0. The Morgan fingerprint density at radius 2 is 2.22 bits per heavy atom. The maximum Gasteiger partial charge on any atom is 0.0320 e. The number of nitrogens with one attached hydrogen (secondary N) is 1. The fourth-order valence-electron chi connectivity index (χ4n) is 0.771. The molecular formula is C7H16N2. The second kappa shape index (κ2) is 2.67. The van der Waals surface area contributed by atoms with Crippen LogP contribution in [0, 0.1) is 0 Å². The van der Waals surface area contributed by atoms with Crippen molar-refractivity contribution in [3.63, 3.8) is 0 Å². The van der Waals surface area contributed by atoms with Crippen molar-refractivity contribution in [1.82, 2.24) is 10.2 Å². The number of nitrogens with zero attached hydrogens (tertiary/aromatic N) is 1. The third-order valence-electron chi connectivity index (χ3n) is 1.88. The molecule has 1 rings (SSSR count). The first kappa shape index (κ1) is 7.03. The van der Waals surface area contributed by atoms with Crippen LogP contribution in [-0.2, 0) is 0 Å². The Bertz CT molecular complexity index is 86.9. The molecule has 0 aliphatic carbocycles. The third kappa shape index (κ3) is 2.33. The minimum absolute atomic E-state index is 0.687. The van der Waals surface area contributed by atoms with E-state index in [0.717, 1.165) is 6.04 Å². The first-order chi connectivity index (χ1) is 4.20. The van der Waals surface area contributed by atoms with E-state index in [4.69, 9.17) is 0 Å². The maximum absolute atomic E-state index is 3.28. The maximum atomic E-state index is 3.28. The Morgan fingerprint density at radius 1 is 1.67 bits per heavy atom. The Labute approximate surface area is 57.2 Å². The van der Waals surface area contributed by atoms with E-state index in [1.807, 2.05) is 0 Å². The monoisotopic (exact) mass is 128 g/mol. The quantitative estimate of drug-likeness (QED) is 0.553. The van der Waals surface area contributed by atoms with E-state index in [1.54, 1.807) is 0 Å². The van der Waals surface area contributed by atoms with Crippen LogP contribution in [-0.4, -0.2) is 37.1 Å². The van der Waals surface area contributed by atoms with Crippen molar-refractivity contribution in [2.45, 2.75) is 25.9 Å². The summed E-state index contributed by atoms with van der Waals surface area (Å²) in [5.74, 6) is 0. The van der Waals surface area contributed by atoms with Gasteiger partial charge in [-0.1, -0.05) is 0 Å². The molecule has 0 radical (unpaired) electrons. The van der Waals surface area contributed by atoms with Crippen LogP contribution in [0.1, 0.15) is 13.8 Å². The van der Waals surface area contributed by atoms with E-state index >= 15 is 0 Å². The number of hydrogen-bond donors (Lipinski definition) is 1. The third-order valence-corrected chi connectivity index (χ3v) is 1.88. The molecule has 1 heterocycles. The van der Waals surface area contributed by atoms with Crippen molar-refractivity contribution >= 4 is 0 Å². The summed E-state index contributed by atoms with van der Waals surface area (Å²) in [5.41, 5.74) is 0. The van der Waals surface area contributed by atoms with Crippen LogP contribution < -0.4 is 5.32 Å². The first-order valence-corrected chi connectivity index (χ1v) is 3.64. The summed E-state index contributed by atoms with van der Waals surface area (Å²) in [6.07, 6.45) is 0. The second-order valence-electron chi connectivity index (χ2n) is 3.14. The van der Waals surface area contributed by atoms with Crippen molar-refractivity contribution in [3.05, 3.63) is 0 Å². The van der Waals surface area contributed by atoms with Gasteiger partial charge in [0.1, 0.15) is 0 Å². The molecule has 0 saturated carbocycles. The van der Waals surface area contributed by atoms with Crippen molar-refractivity contribution in [1.29, 1.82) is 0 Å². The zero-order valence-electron chi connectivity index (χ0n) is 6.52. The lowest BCUT2D eigenvalue weighted by Gasteiger charge is -2.19. The Hall–Kier alpha value is -0.0800. The lowest BCUT2D eigenvalue weighted by molar-refractivity contribution is 0.276. The molecule has 0 aromatic carbocycles. The zero-order valence-corrected chi connectivity index (χ0v) is 6.52. The van der Waals surface area contributed by atoms with Gasteiger partial charge in [0, 0.05) is 25.2 Å². The highest BCUT2D eigenvalue weighted by Crippen LogP contribution is 2.01. The van der Waals surface area contributed by atoms with Gasteiger partial charge < -0.3 is 10.2 Å². The molecule has 0 spiro atoms. The second-order valence-corrected chi connectivity index (χ2v) is 3.14. The largest absolute Gasteiger partial charge is 0.310 e. The summed E-state index contributed by atoms with van der Waals surface area (Å²) in [4.78, 5) is 2.37. The van der Waals surface area contributed by atoms with Crippen molar-refractivity contribution in [3.8, 4) is 0 Å². The van der Waals surface area contributed by atoms with Gasteiger partial charge in [-0.05, 0) is 20.9 Å². The fourth-order valence-corrected chi connectivity index (χ4v) is 0.771. The predicted molar refractivity (Wildman–Crippen MR) is 39.6 cm³/mol. The van der Waals surface area contributed by atoms with Gasteiger partial charge in [0.15, 0.2) is 0 Å². The molecular weight excluding hydrogens is 112 g/mol. The summed E-state index contributed by atoms with van der Waals surface area (Å²) in [5, 5.41) is 3.28. The number of likely N-dealkylation sites (N-methyl/N-ethyl adjacent to an activating group) is 1. The van der Waals surface area contributed by atoms with Crippen molar-refractivity contribution < 1.29 is 0 Å². The lowest BCUT2D eigenvalue weighted by Crippen LogP contribution is -2.30. The highest BCUT2D eigenvalue weighted by molar-refractivity contribution is 4.86. The van der Waals surface area contributed by atoms with Gasteiger partial charge >= 0.3 is 0 Å². The molecule has 1 atom stereocenters. The Balaban J connectivity index is 2.09. The summed E-state index contributed by atoms with van der Waals surface area (Å²) in [7, 11) is 2.17. The minimum atomic E-state index is 0.687. The van der Waals surface area contributed by atoms with E-state index < -0.39 is 0 Å². The van der Waals surface area contributed by atoms with Crippen LogP contribution >= 0.6 is 0 Å². The van der Waals surface area contributed by atoms with Crippen molar-refractivity contribution in [2.24, 2.45) is 0 Å². The molecule has 54 valence electrons. The zero-order chi connectivity index (χ0) is 6.85. The van der Waals surface area contributed by atoms with E-state index in [9.17, 15) is 0 Å². The van der Waals surface area contributed by atoms with Crippen LogP contribution in [0.4, 0.5) is 0 Å². The molecule has 1 aliphatic heterocycles. The van der Waals surface area contributed by atoms with Crippen LogP contribution in [0.2, 0.25) is 0 Å². The molecule has 0 amide bonds. The highest BCUT2D eigenvalue weighted by atomic mass is 15.2. The van der Waals surface area contributed by atoms with E-state index in [1.165, 1.54) is 13.1 Å². The van der Waals surface area contributed by atoms with Crippen LogP contribution in [0.5, 0.6) is 0 Å². The van der Waals surface area contributed by atoms with Gasteiger partial charge in [-0.25, -0.2) is 0 Å². The van der Waals surface area contributed by atoms with E-state index in [2.05, 4.69) is 31.1 Å². The van der Waals surface area contributed by atoms with Gasteiger partial charge in [-0.2, -0.15) is 0 Å². The molecule has 1 saturated heterocycles. The van der Waals surface area contributed by atoms with Crippen LogP contribution in [0.3, 0.4) is 0 Å². The Morgan fingerprint density at radius 3 is 2.56 bits per heavy atom. The van der Waals surface area contributed by atoms with Crippen molar-refractivity contribution in [2.75, 3.05) is 20.1 Å². The summed E-state index contributed by atoms with van der Waals surface area (Å²) in [6.45, 7) is 6.87. The standard InChI is InChI=1S/C7H16N2/c1-6(2)9(3)5-7-4-8-7/h6-8H,4-5H2,1-3H3. The van der Waals surface area contributed by atoms with Gasteiger partial charge in [0.25, 0.3) is 0 Å². The molecule has 1 aliphatic rings. The van der Waals surface area contributed by atoms with E-state index in [-0.39, 0.29) is 0 Å². The molecule has 0 bridgehead atoms. The number of rotatable bonds is 3. The molecule has 9 heavy (non-hydrogen) atoms. The molecule has 1 N–H and O–H groups in total. The van der Waals surface area contributed by atoms with Crippen LogP contribution in [0.15, 0.2) is 0 Å². The minimum Gasteiger partial charge on any atom is -0.310 e. The predicted octanol–water partition coefficient (Wildman–Crippen LogP) is 0.298. The van der Waals surface area contributed by atoms with Gasteiger partial charge in [-0.15, -0.1) is 0 Å². The Kier molecular flexibility index (Phi) is 2.09. The molecule has 1 fully saturated rings. The van der Waals surface area contributed by atoms with E-state index in [0.29, 0.717) is 6.04 Å². The van der Waals surface area contributed by atoms with Gasteiger partial charge in [0.2, 0.25) is 0 Å². The number of hydrogen-bond acceptors (Lipinski definition) is 2. The smallest absolute Gasteiger partial charge is 0.0320 e. The molecule has 0 aromatic heterocycles. The topological polar surface area (TPSA) is 25.2 Å². The molecule has 1 unspecified atom stereocenters. The lowest BCUT2D eigenvalue weighted by atomic mass is 10.3. The summed E-state index contributed by atoms with van der Waals surface area (Å²) in [6, 6.07) is 1.48. The SMILES string of the molecule is CC(C)N(C)CC1CN1. The fraction of sp³-hybridized carbons (Fsp3) is 1.00. The van der Waals surface area contributed by atoms with Gasteiger partial charge in [-0.3, -0.25) is 0 Å². The molecule has 2 nitrogen and oxygen atoms in total. The first-order valence-electron chi connectivity index (χ1n) is 3.64. The molecule has 2 heteroatoms. The van der Waals surface area contributed by atoms with Gasteiger partial charge in [0.05, 0.1) is 0 Å². The summed E-state index contributed by atoms with van der Waals surface area (Å²) < 4.78 is 0.